The Morgan fingerprint density at radius 1 is 1.32 bits per heavy atom. The molecular formula is C13H20N2O2S2. The minimum absolute atomic E-state index is 0.233. The number of rotatable bonds is 2. The predicted octanol–water partition coefficient (Wildman–Crippen LogP) is 3.08. The van der Waals surface area contributed by atoms with Gasteiger partial charge in [-0.15, -0.1) is 0 Å². The smallest absolute Gasteiger partial charge is 0.347 e. The van der Waals surface area contributed by atoms with E-state index in [0.717, 1.165) is 30.4 Å². The van der Waals surface area contributed by atoms with E-state index in [1.165, 1.54) is 17.1 Å². The summed E-state index contributed by atoms with van der Waals surface area (Å²) in [4.78, 5) is 18.6. The van der Waals surface area contributed by atoms with Crippen molar-refractivity contribution in [2.24, 2.45) is 0 Å². The van der Waals surface area contributed by atoms with Crippen LogP contribution in [0.2, 0.25) is 0 Å². The van der Waals surface area contributed by atoms with Gasteiger partial charge in [0.2, 0.25) is 0 Å². The number of hydrogen-bond acceptors (Lipinski definition) is 5. The fraction of sp³-hybridized carbons (Fsp3) is 0.692. The van der Waals surface area contributed by atoms with Crippen molar-refractivity contribution in [3.63, 3.8) is 0 Å². The van der Waals surface area contributed by atoms with Gasteiger partial charge in [-0.1, -0.05) is 32.1 Å². The van der Waals surface area contributed by atoms with Crippen LogP contribution in [0.4, 0.5) is 5.13 Å². The first-order valence-corrected chi connectivity index (χ1v) is 8.44. The van der Waals surface area contributed by atoms with Gasteiger partial charge in [0.25, 0.3) is 0 Å². The maximum Gasteiger partial charge on any atom is 0.347 e. The number of hydrogen-bond donors (Lipinski definition) is 1. The van der Waals surface area contributed by atoms with Crippen LogP contribution < -0.4 is 4.90 Å². The van der Waals surface area contributed by atoms with Crippen molar-refractivity contribution in [2.75, 3.05) is 29.5 Å². The fourth-order valence-electron chi connectivity index (χ4n) is 2.03. The molecule has 19 heavy (non-hydrogen) atoms. The lowest BCUT2D eigenvalue weighted by molar-refractivity contribution is 0.0699. The van der Waals surface area contributed by atoms with Crippen molar-refractivity contribution in [1.82, 2.24) is 4.98 Å². The van der Waals surface area contributed by atoms with Gasteiger partial charge in [-0.3, -0.25) is 0 Å². The zero-order valence-electron chi connectivity index (χ0n) is 11.6. The maximum absolute atomic E-state index is 11.4. The fourth-order valence-corrected chi connectivity index (χ4v) is 4.09. The third-order valence-corrected chi connectivity index (χ3v) is 5.17. The van der Waals surface area contributed by atoms with Gasteiger partial charge in [0.1, 0.15) is 4.88 Å². The molecule has 2 rings (SSSR count). The van der Waals surface area contributed by atoms with E-state index in [9.17, 15) is 9.90 Å². The summed E-state index contributed by atoms with van der Waals surface area (Å²) in [6, 6.07) is 0. The first kappa shape index (κ1) is 14.7. The molecule has 1 saturated heterocycles. The molecule has 1 aliphatic heterocycles. The van der Waals surface area contributed by atoms with E-state index in [1.54, 1.807) is 0 Å². The quantitative estimate of drug-likeness (QED) is 0.909. The Balaban J connectivity index is 2.34. The highest BCUT2D eigenvalue weighted by Gasteiger charge is 2.28. The van der Waals surface area contributed by atoms with Crippen LogP contribution in [-0.4, -0.2) is 40.7 Å². The average molecular weight is 300 g/mol. The molecule has 1 aromatic heterocycles. The zero-order chi connectivity index (χ0) is 14.0. The van der Waals surface area contributed by atoms with Crippen LogP contribution in [0.25, 0.3) is 0 Å². The molecule has 1 aliphatic rings. The van der Waals surface area contributed by atoms with Gasteiger partial charge < -0.3 is 10.0 Å². The Morgan fingerprint density at radius 3 is 2.63 bits per heavy atom. The number of thiazole rings is 1. The van der Waals surface area contributed by atoms with E-state index < -0.39 is 5.97 Å². The zero-order valence-corrected chi connectivity index (χ0v) is 13.2. The molecule has 1 aromatic rings. The molecule has 2 heterocycles. The van der Waals surface area contributed by atoms with E-state index in [0.29, 0.717) is 10.6 Å². The second-order valence-electron chi connectivity index (χ2n) is 5.68. The lowest BCUT2D eigenvalue weighted by Crippen LogP contribution is -2.25. The lowest BCUT2D eigenvalue weighted by Gasteiger charge is -2.19. The predicted molar refractivity (Wildman–Crippen MR) is 81.9 cm³/mol. The van der Waals surface area contributed by atoms with Crippen LogP contribution >= 0.6 is 23.1 Å². The van der Waals surface area contributed by atoms with Gasteiger partial charge in [-0.25, -0.2) is 9.78 Å². The summed E-state index contributed by atoms with van der Waals surface area (Å²) in [5.41, 5.74) is 0.472. The van der Waals surface area contributed by atoms with Gasteiger partial charge in [0.05, 0.1) is 5.69 Å². The van der Waals surface area contributed by atoms with Crippen LogP contribution in [0, 0.1) is 0 Å². The molecule has 1 N–H and O–H groups in total. The summed E-state index contributed by atoms with van der Waals surface area (Å²) in [6.07, 6.45) is 1.14. The first-order chi connectivity index (χ1) is 8.89. The molecule has 106 valence electrons. The highest BCUT2D eigenvalue weighted by atomic mass is 32.2. The molecule has 0 aromatic carbocycles. The Kier molecular flexibility index (Phi) is 4.40. The molecule has 0 aliphatic carbocycles. The number of aromatic carboxylic acids is 1. The van der Waals surface area contributed by atoms with Crippen LogP contribution in [0.15, 0.2) is 0 Å². The SMILES string of the molecule is CC(C)(C)c1nc(N2CCCSCC2)sc1C(=O)O. The number of aromatic nitrogens is 1. The Labute approximate surface area is 122 Å². The third kappa shape index (κ3) is 3.42. The number of carbonyl (C=O) groups is 1. The second-order valence-corrected chi connectivity index (χ2v) is 7.88. The second kappa shape index (κ2) is 5.71. The summed E-state index contributed by atoms with van der Waals surface area (Å²) in [6.45, 7) is 7.97. The van der Waals surface area contributed by atoms with Crippen LogP contribution in [0.5, 0.6) is 0 Å². The first-order valence-electron chi connectivity index (χ1n) is 6.47. The highest BCUT2D eigenvalue weighted by Crippen LogP contribution is 2.34. The van der Waals surface area contributed by atoms with Crippen molar-refractivity contribution in [3.05, 3.63) is 10.6 Å². The summed E-state index contributed by atoms with van der Waals surface area (Å²) < 4.78 is 0. The number of thioether (sulfide) groups is 1. The molecule has 0 spiro atoms. The highest BCUT2D eigenvalue weighted by molar-refractivity contribution is 7.99. The van der Waals surface area contributed by atoms with Gasteiger partial charge in [0.15, 0.2) is 5.13 Å². The van der Waals surface area contributed by atoms with Gasteiger partial charge in [-0.05, 0) is 12.2 Å². The minimum Gasteiger partial charge on any atom is -0.477 e. The van der Waals surface area contributed by atoms with Crippen molar-refractivity contribution >= 4 is 34.2 Å². The maximum atomic E-state index is 11.4. The summed E-state index contributed by atoms with van der Waals surface area (Å²) in [5, 5.41) is 10.2. The molecule has 6 heteroatoms. The topological polar surface area (TPSA) is 53.4 Å². The molecule has 0 saturated carbocycles. The van der Waals surface area contributed by atoms with E-state index in [4.69, 9.17) is 0 Å². The van der Waals surface area contributed by atoms with Crippen LogP contribution in [0.3, 0.4) is 0 Å². The summed E-state index contributed by atoms with van der Waals surface area (Å²) in [5.74, 6) is 1.41. The number of carboxylic acid groups (broad SMARTS) is 1. The molecule has 0 unspecified atom stereocenters. The standard InChI is InChI=1S/C13H20N2O2S2/c1-13(2,3)10-9(11(16)17)19-12(14-10)15-5-4-7-18-8-6-15/h4-8H2,1-3H3,(H,16,17). The lowest BCUT2D eigenvalue weighted by atomic mass is 9.91. The van der Waals surface area contributed by atoms with E-state index in [1.807, 2.05) is 32.5 Å². The van der Waals surface area contributed by atoms with Crippen LogP contribution in [-0.2, 0) is 5.41 Å². The Hall–Kier alpha value is -0.750. The van der Waals surface area contributed by atoms with Crippen molar-refractivity contribution < 1.29 is 9.90 Å². The molecule has 1 fully saturated rings. The normalized spacial score (nSPS) is 17.3. The summed E-state index contributed by atoms with van der Waals surface area (Å²) >= 11 is 3.27. The monoisotopic (exact) mass is 300 g/mol. The molecule has 0 atom stereocenters. The largest absolute Gasteiger partial charge is 0.477 e. The molecule has 0 amide bonds. The molecule has 4 nitrogen and oxygen atoms in total. The van der Waals surface area contributed by atoms with Gasteiger partial charge in [0, 0.05) is 24.3 Å². The van der Waals surface area contributed by atoms with Crippen LogP contribution in [0.1, 0.15) is 42.6 Å². The molecule has 0 radical (unpaired) electrons. The Morgan fingerprint density at radius 2 is 2.05 bits per heavy atom. The molecular weight excluding hydrogens is 280 g/mol. The third-order valence-electron chi connectivity index (χ3n) is 3.01. The minimum atomic E-state index is -0.863. The average Bonchev–Trinajstić information content (AvgIpc) is 2.60. The van der Waals surface area contributed by atoms with E-state index in [-0.39, 0.29) is 5.41 Å². The number of nitrogens with zero attached hydrogens (tertiary/aromatic N) is 2. The number of anilines is 1. The molecule has 0 bridgehead atoms. The van der Waals surface area contributed by atoms with Crippen molar-refractivity contribution in [1.29, 1.82) is 0 Å². The van der Waals surface area contributed by atoms with Gasteiger partial charge >= 0.3 is 5.97 Å². The van der Waals surface area contributed by atoms with E-state index in [2.05, 4.69) is 9.88 Å². The van der Waals surface area contributed by atoms with Crippen molar-refractivity contribution in [2.45, 2.75) is 32.6 Å². The van der Waals surface area contributed by atoms with Gasteiger partial charge in [-0.2, -0.15) is 11.8 Å². The summed E-state index contributed by atoms with van der Waals surface area (Å²) in [7, 11) is 0. The number of carboxylic acids is 1. The Bertz CT molecular complexity index is 458. The van der Waals surface area contributed by atoms with Crippen molar-refractivity contribution in [3.8, 4) is 0 Å². The van der Waals surface area contributed by atoms with E-state index >= 15 is 0 Å².